The van der Waals surface area contributed by atoms with Gasteiger partial charge < -0.3 is 4.74 Å². The van der Waals surface area contributed by atoms with Gasteiger partial charge in [0.25, 0.3) is 0 Å². The molecule has 0 bridgehead atoms. The van der Waals surface area contributed by atoms with E-state index < -0.39 is 5.97 Å². The first-order chi connectivity index (χ1) is 15.0. The van der Waals surface area contributed by atoms with Gasteiger partial charge in [0.15, 0.2) is 0 Å². The van der Waals surface area contributed by atoms with Crippen LogP contribution in [0.4, 0.5) is 0 Å². The maximum Gasteiger partial charge on any atom is 0.338 e. The minimum absolute atomic E-state index is 0.109. The van der Waals surface area contributed by atoms with Gasteiger partial charge in [-0.2, -0.15) is 5.10 Å². The van der Waals surface area contributed by atoms with Gasteiger partial charge in [0.1, 0.15) is 17.3 Å². The number of esters is 1. The Bertz CT molecular complexity index is 1200. The molecule has 0 saturated heterocycles. The third-order valence-electron chi connectivity index (χ3n) is 4.78. The van der Waals surface area contributed by atoms with Crippen molar-refractivity contribution in [3.63, 3.8) is 0 Å². The Morgan fingerprint density at radius 3 is 2.48 bits per heavy atom. The maximum absolute atomic E-state index is 12.6. The number of aryl methyl sites for hydroxylation is 2. The number of nitrogens with zero attached hydrogens (tertiary/aromatic N) is 2. The molecular weight excluding hydrogens is 428 g/mol. The van der Waals surface area contributed by atoms with Crippen LogP contribution in [0.15, 0.2) is 88.8 Å². The zero-order chi connectivity index (χ0) is 21.8. The van der Waals surface area contributed by atoms with Crippen molar-refractivity contribution < 1.29 is 9.53 Å². The van der Waals surface area contributed by atoms with Gasteiger partial charge in [-0.05, 0) is 37.3 Å². The summed E-state index contributed by atoms with van der Waals surface area (Å²) in [6, 6.07) is 25.0. The SMILES string of the molecule is Cc1ccc(Sc2c(COC(=O)c3cccc(Cl)c3)c(-c3ccccc3)nn2C)cc1. The third-order valence-corrected chi connectivity index (χ3v) is 6.23. The summed E-state index contributed by atoms with van der Waals surface area (Å²) in [4.78, 5) is 13.7. The zero-order valence-corrected chi connectivity index (χ0v) is 18.8. The predicted molar refractivity (Wildman–Crippen MR) is 125 cm³/mol. The van der Waals surface area contributed by atoms with E-state index in [2.05, 4.69) is 31.2 Å². The van der Waals surface area contributed by atoms with Crippen LogP contribution < -0.4 is 0 Å². The van der Waals surface area contributed by atoms with Crippen LogP contribution in [0.5, 0.6) is 0 Å². The molecule has 0 aliphatic carbocycles. The van der Waals surface area contributed by atoms with Crippen LogP contribution >= 0.6 is 23.4 Å². The summed E-state index contributed by atoms with van der Waals surface area (Å²) in [5.41, 5.74) is 4.27. The first-order valence-corrected chi connectivity index (χ1v) is 11.0. The van der Waals surface area contributed by atoms with Crippen molar-refractivity contribution in [2.75, 3.05) is 0 Å². The summed E-state index contributed by atoms with van der Waals surface area (Å²) in [5.74, 6) is -0.420. The van der Waals surface area contributed by atoms with E-state index in [1.54, 1.807) is 36.0 Å². The number of rotatable bonds is 6. The van der Waals surface area contributed by atoms with Gasteiger partial charge in [-0.3, -0.25) is 4.68 Å². The summed E-state index contributed by atoms with van der Waals surface area (Å²) in [6.07, 6.45) is 0. The highest BCUT2D eigenvalue weighted by Crippen LogP contribution is 2.36. The van der Waals surface area contributed by atoms with E-state index in [0.29, 0.717) is 10.6 Å². The van der Waals surface area contributed by atoms with Gasteiger partial charge in [-0.25, -0.2) is 4.79 Å². The first kappa shape index (κ1) is 21.2. The molecule has 1 aromatic heterocycles. The summed E-state index contributed by atoms with van der Waals surface area (Å²) in [7, 11) is 1.91. The standard InChI is InChI=1S/C25H21ClN2O2S/c1-17-11-13-21(14-12-17)31-24-22(16-30-25(29)19-9-6-10-20(26)15-19)23(27-28(24)2)18-7-4-3-5-8-18/h3-15H,16H2,1-2H3. The Balaban J connectivity index is 1.67. The Morgan fingerprint density at radius 1 is 1.03 bits per heavy atom. The molecule has 31 heavy (non-hydrogen) atoms. The molecule has 0 aliphatic heterocycles. The van der Waals surface area contributed by atoms with Crippen LogP contribution in [0.1, 0.15) is 21.5 Å². The largest absolute Gasteiger partial charge is 0.457 e. The van der Waals surface area contributed by atoms with Crippen LogP contribution in [0.2, 0.25) is 5.02 Å². The minimum atomic E-state index is -0.420. The smallest absolute Gasteiger partial charge is 0.338 e. The number of carbonyl (C=O) groups is 1. The molecule has 1 heterocycles. The number of hydrogen-bond donors (Lipinski definition) is 0. The van der Waals surface area contributed by atoms with E-state index in [4.69, 9.17) is 21.4 Å². The van der Waals surface area contributed by atoms with Crippen molar-refractivity contribution in [2.24, 2.45) is 7.05 Å². The van der Waals surface area contributed by atoms with Gasteiger partial charge in [0.2, 0.25) is 0 Å². The Morgan fingerprint density at radius 2 is 1.77 bits per heavy atom. The van der Waals surface area contributed by atoms with Crippen molar-refractivity contribution in [3.05, 3.63) is 101 Å². The molecule has 0 atom stereocenters. The van der Waals surface area contributed by atoms with E-state index in [1.165, 1.54) is 5.56 Å². The molecule has 6 heteroatoms. The van der Waals surface area contributed by atoms with Crippen molar-refractivity contribution in [2.45, 2.75) is 23.5 Å². The number of carbonyl (C=O) groups excluding carboxylic acids is 1. The summed E-state index contributed by atoms with van der Waals surface area (Å²) in [5, 5.41) is 6.17. The van der Waals surface area contributed by atoms with E-state index in [9.17, 15) is 4.79 Å². The number of halogens is 1. The lowest BCUT2D eigenvalue weighted by Crippen LogP contribution is -2.06. The fourth-order valence-corrected chi connectivity index (χ4v) is 4.33. The third kappa shape index (κ3) is 5.01. The normalized spacial score (nSPS) is 10.8. The fourth-order valence-electron chi connectivity index (χ4n) is 3.19. The molecule has 0 fully saturated rings. The number of ether oxygens (including phenoxy) is 1. The molecule has 4 nitrogen and oxygen atoms in total. The minimum Gasteiger partial charge on any atom is -0.457 e. The Kier molecular flexibility index (Phi) is 6.44. The van der Waals surface area contributed by atoms with Crippen LogP contribution in [0.25, 0.3) is 11.3 Å². The highest BCUT2D eigenvalue weighted by Gasteiger charge is 2.20. The monoisotopic (exact) mass is 448 g/mol. The van der Waals surface area contributed by atoms with E-state index in [-0.39, 0.29) is 6.61 Å². The van der Waals surface area contributed by atoms with Crippen molar-refractivity contribution in [1.29, 1.82) is 0 Å². The average molecular weight is 449 g/mol. The predicted octanol–water partition coefficient (Wildman–Crippen LogP) is 6.56. The van der Waals surface area contributed by atoms with Crippen LogP contribution in [0.3, 0.4) is 0 Å². The summed E-state index contributed by atoms with van der Waals surface area (Å²) < 4.78 is 7.52. The van der Waals surface area contributed by atoms with Crippen molar-refractivity contribution >= 4 is 29.3 Å². The van der Waals surface area contributed by atoms with Crippen molar-refractivity contribution in [1.82, 2.24) is 9.78 Å². The molecule has 3 aromatic carbocycles. The molecular formula is C25H21ClN2O2S. The molecule has 0 unspecified atom stereocenters. The van der Waals surface area contributed by atoms with Crippen LogP contribution in [0, 0.1) is 6.92 Å². The number of hydrogen-bond acceptors (Lipinski definition) is 4. The second kappa shape index (κ2) is 9.41. The maximum atomic E-state index is 12.6. The lowest BCUT2D eigenvalue weighted by Gasteiger charge is -2.09. The molecule has 0 aliphatic rings. The first-order valence-electron chi connectivity index (χ1n) is 9.80. The molecule has 0 amide bonds. The molecule has 0 N–H and O–H groups in total. The molecule has 4 rings (SSSR count). The summed E-state index contributed by atoms with van der Waals surface area (Å²) >= 11 is 7.62. The Hall–Kier alpha value is -3.02. The average Bonchev–Trinajstić information content (AvgIpc) is 3.09. The van der Waals surface area contributed by atoms with E-state index in [0.717, 1.165) is 26.7 Å². The van der Waals surface area contributed by atoms with E-state index >= 15 is 0 Å². The lowest BCUT2D eigenvalue weighted by molar-refractivity contribution is 0.0470. The quantitative estimate of drug-likeness (QED) is 0.313. The van der Waals surface area contributed by atoms with Crippen molar-refractivity contribution in [3.8, 4) is 11.3 Å². The lowest BCUT2D eigenvalue weighted by atomic mass is 10.1. The van der Waals surface area contributed by atoms with E-state index in [1.807, 2.05) is 42.1 Å². The van der Waals surface area contributed by atoms with Gasteiger partial charge in [-0.15, -0.1) is 0 Å². The fraction of sp³-hybridized carbons (Fsp3) is 0.120. The van der Waals surface area contributed by atoms with Crippen LogP contribution in [-0.4, -0.2) is 15.7 Å². The number of benzene rings is 3. The second-order valence-electron chi connectivity index (χ2n) is 7.12. The second-order valence-corrected chi connectivity index (χ2v) is 8.62. The topological polar surface area (TPSA) is 44.1 Å². The van der Waals surface area contributed by atoms with Crippen LogP contribution in [-0.2, 0) is 18.4 Å². The van der Waals surface area contributed by atoms with Gasteiger partial charge in [-0.1, -0.05) is 77.5 Å². The summed E-state index contributed by atoms with van der Waals surface area (Å²) in [6.45, 7) is 2.17. The van der Waals surface area contributed by atoms with Gasteiger partial charge in [0.05, 0.1) is 5.56 Å². The molecule has 0 saturated carbocycles. The molecule has 156 valence electrons. The van der Waals surface area contributed by atoms with Gasteiger partial charge in [0, 0.05) is 28.1 Å². The zero-order valence-electron chi connectivity index (χ0n) is 17.2. The highest BCUT2D eigenvalue weighted by atomic mass is 35.5. The molecule has 0 radical (unpaired) electrons. The Labute approximate surface area is 190 Å². The molecule has 4 aromatic rings. The van der Waals surface area contributed by atoms with Gasteiger partial charge >= 0.3 is 5.97 Å². The molecule has 0 spiro atoms. The highest BCUT2D eigenvalue weighted by molar-refractivity contribution is 7.99. The number of aromatic nitrogens is 2.